The van der Waals surface area contributed by atoms with Crippen LogP contribution < -0.4 is 5.32 Å². The van der Waals surface area contributed by atoms with Crippen molar-refractivity contribution < 1.29 is 14.7 Å². The van der Waals surface area contributed by atoms with E-state index in [0.717, 1.165) is 16.7 Å². The van der Waals surface area contributed by atoms with Gasteiger partial charge in [-0.25, -0.2) is 4.79 Å². The van der Waals surface area contributed by atoms with Gasteiger partial charge < -0.3 is 10.4 Å². The van der Waals surface area contributed by atoms with Crippen LogP contribution in [0.25, 0.3) is 6.08 Å². The summed E-state index contributed by atoms with van der Waals surface area (Å²) in [4.78, 5) is 21.8. The summed E-state index contributed by atoms with van der Waals surface area (Å²) in [5.41, 5.74) is 2.74. The first-order valence-electron chi connectivity index (χ1n) is 5.20. The highest BCUT2D eigenvalue weighted by atomic mass is 16.4. The maximum absolute atomic E-state index is 11.0. The molecule has 0 aliphatic rings. The number of carboxylic acids is 1. The second-order valence-corrected chi connectivity index (χ2v) is 3.83. The zero-order valence-electron chi connectivity index (χ0n) is 10.1. The van der Waals surface area contributed by atoms with Crippen LogP contribution in [0.5, 0.6) is 0 Å². The van der Waals surface area contributed by atoms with E-state index in [9.17, 15) is 9.59 Å². The quantitative estimate of drug-likeness (QED) is 0.783. The smallest absolute Gasteiger partial charge is 0.352 e. The van der Waals surface area contributed by atoms with Crippen molar-refractivity contribution in [1.29, 1.82) is 0 Å². The number of aliphatic carboxylic acids is 1. The van der Waals surface area contributed by atoms with Gasteiger partial charge in [-0.15, -0.1) is 0 Å². The van der Waals surface area contributed by atoms with Crippen LogP contribution >= 0.6 is 0 Å². The molecule has 0 spiro atoms. The summed E-state index contributed by atoms with van der Waals surface area (Å²) in [7, 11) is 0. The molecule has 0 saturated carbocycles. The lowest BCUT2D eigenvalue weighted by atomic mass is 10.0. The molecule has 0 saturated heterocycles. The standard InChI is InChI=1S/C13H15NO3/c1-8-5-4-6-11(9(8)2)7-12(13(16)17)14-10(3)15/h4-7H,1-3H3,(H,14,15)(H,16,17)/b12-7+. The van der Waals surface area contributed by atoms with Gasteiger partial charge in [0.05, 0.1) is 0 Å². The van der Waals surface area contributed by atoms with Crippen molar-refractivity contribution in [3.8, 4) is 0 Å². The zero-order valence-corrected chi connectivity index (χ0v) is 10.1. The van der Waals surface area contributed by atoms with Gasteiger partial charge >= 0.3 is 5.97 Å². The lowest BCUT2D eigenvalue weighted by Gasteiger charge is -2.07. The topological polar surface area (TPSA) is 66.4 Å². The van der Waals surface area contributed by atoms with Crippen LogP contribution in [0, 0.1) is 13.8 Å². The fraction of sp³-hybridized carbons (Fsp3) is 0.231. The van der Waals surface area contributed by atoms with E-state index in [-0.39, 0.29) is 5.70 Å². The molecular formula is C13H15NO3. The van der Waals surface area contributed by atoms with Gasteiger partial charge in [0.25, 0.3) is 0 Å². The van der Waals surface area contributed by atoms with E-state index in [1.807, 2.05) is 32.0 Å². The van der Waals surface area contributed by atoms with Crippen molar-refractivity contribution in [3.05, 3.63) is 40.6 Å². The fourth-order valence-corrected chi connectivity index (χ4v) is 1.43. The summed E-state index contributed by atoms with van der Waals surface area (Å²) < 4.78 is 0. The number of benzene rings is 1. The van der Waals surface area contributed by atoms with E-state index >= 15 is 0 Å². The van der Waals surface area contributed by atoms with Crippen LogP contribution in [-0.4, -0.2) is 17.0 Å². The predicted molar refractivity (Wildman–Crippen MR) is 65.3 cm³/mol. The normalized spacial score (nSPS) is 11.1. The molecule has 0 unspecified atom stereocenters. The molecule has 0 radical (unpaired) electrons. The molecule has 0 atom stereocenters. The number of rotatable bonds is 3. The predicted octanol–water partition coefficient (Wildman–Crippen LogP) is 1.87. The lowest BCUT2D eigenvalue weighted by Crippen LogP contribution is -2.24. The van der Waals surface area contributed by atoms with Crippen molar-refractivity contribution in [2.24, 2.45) is 0 Å². The Labute approximate surface area is 100.0 Å². The summed E-state index contributed by atoms with van der Waals surface area (Å²) in [5, 5.41) is 11.3. The van der Waals surface area contributed by atoms with E-state index in [0.29, 0.717) is 0 Å². The number of carboxylic acid groups (broad SMARTS) is 1. The van der Waals surface area contributed by atoms with E-state index in [1.54, 1.807) is 0 Å². The molecule has 0 aliphatic heterocycles. The Balaban J connectivity index is 3.17. The fourth-order valence-electron chi connectivity index (χ4n) is 1.43. The van der Waals surface area contributed by atoms with Gasteiger partial charge in [-0.3, -0.25) is 4.79 Å². The molecule has 2 N–H and O–H groups in total. The third-order valence-electron chi connectivity index (χ3n) is 2.49. The zero-order chi connectivity index (χ0) is 13.0. The number of carbonyl (C=O) groups is 2. The Hall–Kier alpha value is -2.10. The number of amides is 1. The highest BCUT2D eigenvalue weighted by molar-refractivity contribution is 5.96. The Morgan fingerprint density at radius 2 is 1.94 bits per heavy atom. The van der Waals surface area contributed by atoms with Crippen LogP contribution in [0.15, 0.2) is 23.9 Å². The summed E-state index contributed by atoms with van der Waals surface area (Å²) in [6, 6.07) is 5.61. The summed E-state index contributed by atoms with van der Waals surface area (Å²) >= 11 is 0. The maximum Gasteiger partial charge on any atom is 0.352 e. The maximum atomic E-state index is 11.0. The molecule has 0 aliphatic carbocycles. The first-order valence-corrected chi connectivity index (χ1v) is 5.20. The van der Waals surface area contributed by atoms with Crippen molar-refractivity contribution in [2.75, 3.05) is 0 Å². The molecule has 17 heavy (non-hydrogen) atoms. The van der Waals surface area contributed by atoms with Gasteiger partial charge in [0.15, 0.2) is 0 Å². The third kappa shape index (κ3) is 3.45. The number of hydrogen-bond donors (Lipinski definition) is 2. The van der Waals surface area contributed by atoms with Gasteiger partial charge in [0.1, 0.15) is 5.70 Å². The molecule has 0 heterocycles. The van der Waals surface area contributed by atoms with Crippen molar-refractivity contribution in [3.63, 3.8) is 0 Å². The van der Waals surface area contributed by atoms with Crippen molar-refractivity contribution in [1.82, 2.24) is 5.32 Å². The molecule has 1 amide bonds. The number of nitrogens with one attached hydrogen (secondary N) is 1. The molecule has 4 nitrogen and oxygen atoms in total. The largest absolute Gasteiger partial charge is 0.477 e. The average Bonchev–Trinajstić information content (AvgIpc) is 2.22. The number of hydrogen-bond acceptors (Lipinski definition) is 2. The monoisotopic (exact) mass is 233 g/mol. The van der Waals surface area contributed by atoms with E-state index in [2.05, 4.69) is 5.32 Å². The highest BCUT2D eigenvalue weighted by Crippen LogP contribution is 2.15. The summed E-state index contributed by atoms with van der Waals surface area (Å²) in [6.07, 6.45) is 1.46. The first kappa shape index (κ1) is 13.0. The van der Waals surface area contributed by atoms with Crippen LogP contribution in [-0.2, 0) is 9.59 Å². The second kappa shape index (κ2) is 5.30. The lowest BCUT2D eigenvalue weighted by molar-refractivity contribution is -0.134. The van der Waals surface area contributed by atoms with Crippen LogP contribution in [0.2, 0.25) is 0 Å². The van der Waals surface area contributed by atoms with Gasteiger partial charge in [-0.1, -0.05) is 18.2 Å². The summed E-state index contributed by atoms with van der Waals surface area (Å²) in [6.45, 7) is 5.14. The number of carbonyl (C=O) groups excluding carboxylic acids is 1. The SMILES string of the molecule is CC(=O)N/C(=C/c1cccc(C)c1C)C(=O)O. The van der Waals surface area contributed by atoms with Crippen LogP contribution in [0.1, 0.15) is 23.6 Å². The van der Waals surface area contributed by atoms with Gasteiger partial charge in [-0.2, -0.15) is 0 Å². The third-order valence-corrected chi connectivity index (χ3v) is 2.49. The Bertz CT molecular complexity index is 489. The minimum Gasteiger partial charge on any atom is -0.477 e. The molecule has 1 rings (SSSR count). The van der Waals surface area contributed by atoms with Crippen molar-refractivity contribution in [2.45, 2.75) is 20.8 Å². The molecule has 1 aromatic carbocycles. The van der Waals surface area contributed by atoms with Crippen LogP contribution in [0.3, 0.4) is 0 Å². The average molecular weight is 233 g/mol. The Morgan fingerprint density at radius 1 is 1.29 bits per heavy atom. The minimum atomic E-state index is -1.15. The number of aryl methyl sites for hydroxylation is 1. The van der Waals surface area contributed by atoms with E-state index in [4.69, 9.17) is 5.11 Å². The Kier molecular flexibility index (Phi) is 4.04. The molecular weight excluding hydrogens is 218 g/mol. The van der Waals surface area contributed by atoms with Crippen LogP contribution in [0.4, 0.5) is 0 Å². The van der Waals surface area contributed by atoms with E-state index < -0.39 is 11.9 Å². The van der Waals surface area contributed by atoms with Gasteiger partial charge in [0, 0.05) is 6.92 Å². The molecule has 0 aromatic heterocycles. The Morgan fingerprint density at radius 3 is 2.47 bits per heavy atom. The highest BCUT2D eigenvalue weighted by Gasteiger charge is 2.09. The van der Waals surface area contributed by atoms with Gasteiger partial charge in [0.2, 0.25) is 5.91 Å². The molecule has 1 aromatic rings. The minimum absolute atomic E-state index is 0.119. The second-order valence-electron chi connectivity index (χ2n) is 3.83. The van der Waals surface area contributed by atoms with E-state index in [1.165, 1.54) is 13.0 Å². The molecule has 90 valence electrons. The summed E-state index contributed by atoms with van der Waals surface area (Å²) in [5.74, 6) is -1.55. The molecule has 4 heteroatoms. The first-order chi connectivity index (χ1) is 7.91. The molecule has 0 fully saturated rings. The van der Waals surface area contributed by atoms with Gasteiger partial charge in [-0.05, 0) is 36.6 Å². The van der Waals surface area contributed by atoms with Crippen molar-refractivity contribution >= 4 is 18.0 Å². The molecule has 0 bridgehead atoms.